The molecule has 5 nitrogen and oxygen atoms in total. The van der Waals surface area contributed by atoms with Crippen molar-refractivity contribution in [2.24, 2.45) is 4.99 Å². The van der Waals surface area contributed by atoms with E-state index < -0.39 is 11.9 Å². The lowest BCUT2D eigenvalue weighted by Crippen LogP contribution is -2.17. The Morgan fingerprint density at radius 3 is 2.69 bits per heavy atom. The van der Waals surface area contributed by atoms with Gasteiger partial charge >= 0.3 is 5.97 Å². The fourth-order valence-corrected chi connectivity index (χ4v) is 3.78. The number of ether oxygens (including phenoxy) is 1. The quantitative estimate of drug-likeness (QED) is 0.512. The summed E-state index contributed by atoms with van der Waals surface area (Å²) in [6, 6.07) is 11.8. The Balaban J connectivity index is 2.17. The van der Waals surface area contributed by atoms with Crippen molar-refractivity contribution >= 4 is 45.0 Å². The van der Waals surface area contributed by atoms with Crippen LogP contribution in [0.3, 0.4) is 0 Å². The first-order valence-corrected chi connectivity index (χ1v) is 8.73. The molecule has 1 aromatic heterocycles. The second-order valence-electron chi connectivity index (χ2n) is 5.24. The van der Waals surface area contributed by atoms with Crippen molar-refractivity contribution in [2.75, 3.05) is 7.11 Å². The van der Waals surface area contributed by atoms with Gasteiger partial charge in [-0.25, -0.2) is 4.79 Å². The Bertz CT molecular complexity index is 1120. The highest BCUT2D eigenvalue weighted by molar-refractivity contribution is 7.16. The standard InChI is InChI=1S/C19H13ClN2O3S/c1-3-10-22-15-9-8-12(20)11-16(15)26-19(22)21-17(23)13-6-4-5-7-14(13)18(24)25-2/h1,4-9,11H,10H2,2H3. The molecule has 7 heteroatoms. The highest BCUT2D eigenvalue weighted by Gasteiger charge is 2.17. The number of carbonyl (C=O) groups is 2. The molecule has 0 saturated carbocycles. The van der Waals surface area contributed by atoms with Crippen molar-refractivity contribution in [3.63, 3.8) is 0 Å². The van der Waals surface area contributed by atoms with Crippen LogP contribution >= 0.6 is 22.9 Å². The van der Waals surface area contributed by atoms with E-state index in [9.17, 15) is 9.59 Å². The average Bonchev–Trinajstić information content (AvgIpc) is 2.97. The summed E-state index contributed by atoms with van der Waals surface area (Å²) < 4.78 is 7.34. The Kier molecular flexibility index (Phi) is 5.21. The summed E-state index contributed by atoms with van der Waals surface area (Å²) in [5.41, 5.74) is 1.17. The van der Waals surface area contributed by atoms with Gasteiger partial charge in [-0.3, -0.25) is 4.79 Å². The molecule has 130 valence electrons. The van der Waals surface area contributed by atoms with E-state index in [1.165, 1.54) is 30.6 Å². The lowest BCUT2D eigenvalue weighted by Gasteiger charge is -2.04. The van der Waals surface area contributed by atoms with Gasteiger partial charge in [-0.05, 0) is 30.3 Å². The van der Waals surface area contributed by atoms with Crippen molar-refractivity contribution in [3.8, 4) is 12.3 Å². The van der Waals surface area contributed by atoms with E-state index in [2.05, 4.69) is 10.9 Å². The van der Waals surface area contributed by atoms with E-state index in [1.807, 2.05) is 6.07 Å². The smallest absolute Gasteiger partial charge is 0.338 e. The van der Waals surface area contributed by atoms with Gasteiger partial charge in [0.1, 0.15) is 0 Å². The van der Waals surface area contributed by atoms with Gasteiger partial charge in [0.05, 0.1) is 35.0 Å². The number of esters is 1. The van der Waals surface area contributed by atoms with E-state index in [4.69, 9.17) is 22.8 Å². The molecule has 0 fully saturated rings. The monoisotopic (exact) mass is 384 g/mol. The average molecular weight is 385 g/mol. The summed E-state index contributed by atoms with van der Waals surface area (Å²) in [5, 5.41) is 0.584. The fourth-order valence-electron chi connectivity index (χ4n) is 2.48. The number of halogens is 1. The number of aromatic nitrogens is 1. The van der Waals surface area contributed by atoms with E-state index >= 15 is 0 Å². The fraction of sp³-hybridized carbons (Fsp3) is 0.105. The number of amides is 1. The lowest BCUT2D eigenvalue weighted by atomic mass is 10.1. The van der Waals surface area contributed by atoms with Gasteiger partial charge in [0, 0.05) is 5.02 Å². The molecule has 26 heavy (non-hydrogen) atoms. The molecule has 2 aromatic carbocycles. The van der Waals surface area contributed by atoms with E-state index in [0.29, 0.717) is 9.82 Å². The van der Waals surface area contributed by atoms with Crippen LogP contribution in [0.2, 0.25) is 5.02 Å². The van der Waals surface area contributed by atoms with Crippen LogP contribution in [0.5, 0.6) is 0 Å². The number of benzene rings is 2. The first kappa shape index (κ1) is 17.9. The van der Waals surface area contributed by atoms with Crippen LogP contribution in [-0.2, 0) is 11.3 Å². The third-order valence-electron chi connectivity index (χ3n) is 3.65. The van der Waals surface area contributed by atoms with Crippen molar-refractivity contribution in [1.82, 2.24) is 4.57 Å². The highest BCUT2D eigenvalue weighted by Crippen LogP contribution is 2.22. The number of fused-ring (bicyclic) bond motifs is 1. The summed E-state index contributed by atoms with van der Waals surface area (Å²) >= 11 is 7.34. The van der Waals surface area contributed by atoms with Gasteiger partial charge in [0.15, 0.2) is 4.80 Å². The second kappa shape index (κ2) is 7.56. The summed E-state index contributed by atoms with van der Waals surface area (Å²) in [6.07, 6.45) is 5.45. The molecular formula is C19H13ClN2O3S. The van der Waals surface area contributed by atoms with E-state index in [1.54, 1.807) is 28.8 Å². The zero-order valence-electron chi connectivity index (χ0n) is 13.7. The van der Waals surface area contributed by atoms with Crippen LogP contribution in [0, 0.1) is 12.3 Å². The van der Waals surface area contributed by atoms with Gasteiger partial charge in [0.25, 0.3) is 5.91 Å². The minimum absolute atomic E-state index is 0.163. The normalized spacial score (nSPS) is 11.3. The molecule has 0 saturated heterocycles. The largest absolute Gasteiger partial charge is 0.465 e. The Morgan fingerprint density at radius 1 is 1.27 bits per heavy atom. The zero-order valence-corrected chi connectivity index (χ0v) is 15.3. The number of rotatable bonds is 3. The maximum atomic E-state index is 12.7. The second-order valence-corrected chi connectivity index (χ2v) is 6.69. The summed E-state index contributed by atoms with van der Waals surface area (Å²) in [4.78, 5) is 29.2. The molecule has 3 rings (SSSR count). The molecule has 0 unspecified atom stereocenters. The van der Waals surface area contributed by atoms with Crippen molar-refractivity contribution in [3.05, 3.63) is 63.4 Å². The minimum atomic E-state index is -0.594. The number of thiazole rings is 1. The third kappa shape index (κ3) is 3.40. The first-order valence-electron chi connectivity index (χ1n) is 7.54. The Morgan fingerprint density at radius 2 is 2.00 bits per heavy atom. The summed E-state index contributed by atoms with van der Waals surface area (Å²) in [5.74, 6) is 1.42. The van der Waals surface area contributed by atoms with Crippen LogP contribution in [0.1, 0.15) is 20.7 Å². The van der Waals surface area contributed by atoms with Crippen LogP contribution in [-0.4, -0.2) is 23.6 Å². The van der Waals surface area contributed by atoms with Crippen LogP contribution in [0.25, 0.3) is 10.2 Å². The molecule has 0 spiro atoms. The number of carbonyl (C=O) groups excluding carboxylic acids is 2. The topological polar surface area (TPSA) is 60.7 Å². The van der Waals surface area contributed by atoms with Gasteiger partial charge in [-0.2, -0.15) is 4.99 Å². The number of hydrogen-bond donors (Lipinski definition) is 0. The maximum Gasteiger partial charge on any atom is 0.338 e. The molecular weight excluding hydrogens is 372 g/mol. The molecule has 0 bridgehead atoms. The minimum Gasteiger partial charge on any atom is -0.465 e. The molecule has 0 atom stereocenters. The number of hydrogen-bond acceptors (Lipinski definition) is 4. The molecule has 0 N–H and O–H groups in total. The van der Waals surface area contributed by atoms with Gasteiger partial charge in [-0.1, -0.05) is 41.0 Å². The number of methoxy groups -OCH3 is 1. The van der Waals surface area contributed by atoms with E-state index in [0.717, 1.165) is 10.2 Å². The third-order valence-corrected chi connectivity index (χ3v) is 4.93. The number of terminal acetylenes is 1. The summed E-state index contributed by atoms with van der Waals surface area (Å²) in [7, 11) is 1.26. The molecule has 0 radical (unpaired) electrons. The predicted molar refractivity (Wildman–Crippen MR) is 101 cm³/mol. The number of nitrogens with zero attached hydrogens (tertiary/aromatic N) is 2. The maximum absolute atomic E-state index is 12.7. The van der Waals surface area contributed by atoms with Crippen molar-refractivity contribution in [1.29, 1.82) is 0 Å². The molecule has 0 aliphatic rings. The van der Waals surface area contributed by atoms with Crippen molar-refractivity contribution in [2.45, 2.75) is 6.54 Å². The Hall–Kier alpha value is -2.88. The molecule has 1 heterocycles. The molecule has 0 aliphatic heterocycles. The van der Waals surface area contributed by atoms with Crippen LogP contribution in [0.4, 0.5) is 0 Å². The van der Waals surface area contributed by atoms with Gasteiger partial charge in [0.2, 0.25) is 0 Å². The molecule has 0 aliphatic carbocycles. The molecule has 1 amide bonds. The van der Waals surface area contributed by atoms with Crippen LogP contribution in [0.15, 0.2) is 47.5 Å². The van der Waals surface area contributed by atoms with Crippen molar-refractivity contribution < 1.29 is 14.3 Å². The zero-order chi connectivity index (χ0) is 18.7. The first-order chi connectivity index (χ1) is 12.5. The van der Waals surface area contributed by atoms with E-state index in [-0.39, 0.29) is 17.7 Å². The SMILES string of the molecule is C#CCn1c(=NC(=O)c2ccccc2C(=O)OC)sc2cc(Cl)ccc21. The Labute approximate surface area is 158 Å². The lowest BCUT2D eigenvalue weighted by molar-refractivity contribution is 0.0597. The van der Waals surface area contributed by atoms with Gasteiger partial charge in [-0.15, -0.1) is 6.42 Å². The van der Waals surface area contributed by atoms with Crippen LogP contribution < -0.4 is 4.80 Å². The van der Waals surface area contributed by atoms with Gasteiger partial charge < -0.3 is 9.30 Å². The highest BCUT2D eigenvalue weighted by atomic mass is 35.5. The predicted octanol–water partition coefficient (Wildman–Crippen LogP) is 3.52. The molecule has 3 aromatic rings. The summed E-state index contributed by atoms with van der Waals surface area (Å²) in [6.45, 7) is 0.256.